The Kier molecular flexibility index (Phi) is 4.73. The molecule has 3 rings (SSSR count). The van der Waals surface area contributed by atoms with Crippen molar-refractivity contribution < 1.29 is 4.74 Å². The first-order chi connectivity index (χ1) is 10.8. The Morgan fingerprint density at radius 3 is 3.05 bits per heavy atom. The van der Waals surface area contributed by atoms with Gasteiger partial charge in [0.2, 0.25) is 0 Å². The molecule has 1 aromatic carbocycles. The minimum atomic E-state index is 0.424. The molecular formula is C17H24N4O. The number of ether oxygens (including phenoxy) is 1. The highest BCUT2D eigenvalue weighted by molar-refractivity contribution is 5.48. The SMILES string of the molecule is CCN(CCn1cc([C@H]2CCOC2)nn1)c1cccc(C)c1. The molecule has 0 N–H and O–H groups in total. The molecule has 0 bridgehead atoms. The van der Waals surface area contributed by atoms with Crippen LogP contribution in [0.5, 0.6) is 0 Å². The van der Waals surface area contributed by atoms with Gasteiger partial charge in [0.15, 0.2) is 0 Å². The zero-order valence-corrected chi connectivity index (χ0v) is 13.4. The summed E-state index contributed by atoms with van der Waals surface area (Å²) in [5.41, 5.74) is 3.63. The monoisotopic (exact) mass is 300 g/mol. The van der Waals surface area contributed by atoms with E-state index >= 15 is 0 Å². The quantitative estimate of drug-likeness (QED) is 0.822. The van der Waals surface area contributed by atoms with E-state index in [1.54, 1.807) is 0 Å². The summed E-state index contributed by atoms with van der Waals surface area (Å²) in [5.74, 6) is 0.424. The molecule has 22 heavy (non-hydrogen) atoms. The third-order valence-corrected chi connectivity index (χ3v) is 4.25. The van der Waals surface area contributed by atoms with E-state index < -0.39 is 0 Å². The maximum Gasteiger partial charge on any atom is 0.0881 e. The van der Waals surface area contributed by atoms with Gasteiger partial charge in [-0.1, -0.05) is 17.3 Å². The van der Waals surface area contributed by atoms with Gasteiger partial charge in [0.1, 0.15) is 0 Å². The minimum absolute atomic E-state index is 0.424. The molecule has 0 spiro atoms. The Bertz CT molecular complexity index is 604. The molecule has 0 amide bonds. The Balaban J connectivity index is 1.61. The topological polar surface area (TPSA) is 43.2 Å². The van der Waals surface area contributed by atoms with Gasteiger partial charge in [-0.25, -0.2) is 0 Å². The number of nitrogens with zero attached hydrogens (tertiary/aromatic N) is 4. The number of hydrogen-bond acceptors (Lipinski definition) is 4. The predicted molar refractivity (Wildman–Crippen MR) is 87.3 cm³/mol. The summed E-state index contributed by atoms with van der Waals surface area (Å²) >= 11 is 0. The number of rotatable bonds is 6. The molecule has 5 nitrogen and oxygen atoms in total. The van der Waals surface area contributed by atoms with Crippen LogP contribution >= 0.6 is 0 Å². The van der Waals surface area contributed by atoms with Gasteiger partial charge in [-0.15, -0.1) is 5.10 Å². The molecule has 118 valence electrons. The normalized spacial score (nSPS) is 17.8. The lowest BCUT2D eigenvalue weighted by Crippen LogP contribution is -2.27. The number of likely N-dealkylation sites (N-methyl/N-ethyl adjacent to an activating group) is 1. The summed E-state index contributed by atoms with van der Waals surface area (Å²) in [6.07, 6.45) is 3.13. The van der Waals surface area contributed by atoms with Gasteiger partial charge in [0.05, 0.1) is 18.8 Å². The van der Waals surface area contributed by atoms with Crippen LogP contribution in [0.4, 0.5) is 5.69 Å². The largest absolute Gasteiger partial charge is 0.381 e. The molecule has 1 aliphatic heterocycles. The van der Waals surface area contributed by atoms with E-state index in [1.165, 1.54) is 11.3 Å². The molecule has 1 saturated heterocycles. The molecule has 1 aromatic heterocycles. The third-order valence-electron chi connectivity index (χ3n) is 4.25. The van der Waals surface area contributed by atoms with Crippen molar-refractivity contribution in [3.05, 3.63) is 41.7 Å². The lowest BCUT2D eigenvalue weighted by Gasteiger charge is -2.23. The first-order valence-electron chi connectivity index (χ1n) is 8.05. The van der Waals surface area contributed by atoms with Gasteiger partial charge < -0.3 is 9.64 Å². The Morgan fingerprint density at radius 1 is 1.41 bits per heavy atom. The smallest absolute Gasteiger partial charge is 0.0881 e. The summed E-state index contributed by atoms with van der Waals surface area (Å²) in [5, 5.41) is 8.57. The fraction of sp³-hybridized carbons (Fsp3) is 0.529. The second kappa shape index (κ2) is 6.92. The second-order valence-electron chi connectivity index (χ2n) is 5.89. The van der Waals surface area contributed by atoms with Crippen molar-refractivity contribution >= 4 is 5.69 Å². The number of aromatic nitrogens is 3. The van der Waals surface area contributed by atoms with Crippen molar-refractivity contribution in [3.8, 4) is 0 Å². The van der Waals surface area contributed by atoms with Crippen molar-refractivity contribution in [1.82, 2.24) is 15.0 Å². The van der Waals surface area contributed by atoms with E-state index in [-0.39, 0.29) is 0 Å². The molecule has 1 fully saturated rings. The van der Waals surface area contributed by atoms with Gasteiger partial charge >= 0.3 is 0 Å². The zero-order chi connectivity index (χ0) is 15.4. The van der Waals surface area contributed by atoms with Gasteiger partial charge in [-0.05, 0) is 38.0 Å². The predicted octanol–water partition coefficient (Wildman–Crippen LogP) is 2.62. The van der Waals surface area contributed by atoms with Crippen LogP contribution in [-0.2, 0) is 11.3 Å². The first-order valence-corrected chi connectivity index (χ1v) is 8.05. The highest BCUT2D eigenvalue weighted by Gasteiger charge is 2.20. The van der Waals surface area contributed by atoms with Crippen LogP contribution in [0.25, 0.3) is 0 Å². The molecule has 2 heterocycles. The summed E-state index contributed by atoms with van der Waals surface area (Å²) in [7, 11) is 0. The molecule has 5 heteroatoms. The lowest BCUT2D eigenvalue weighted by molar-refractivity contribution is 0.193. The Morgan fingerprint density at radius 2 is 2.32 bits per heavy atom. The Hall–Kier alpha value is -1.88. The number of hydrogen-bond donors (Lipinski definition) is 0. The van der Waals surface area contributed by atoms with Crippen molar-refractivity contribution in [3.63, 3.8) is 0 Å². The van der Waals surface area contributed by atoms with Gasteiger partial charge in [0.25, 0.3) is 0 Å². The highest BCUT2D eigenvalue weighted by atomic mass is 16.5. The highest BCUT2D eigenvalue weighted by Crippen LogP contribution is 2.22. The summed E-state index contributed by atoms with van der Waals surface area (Å²) in [4.78, 5) is 2.37. The van der Waals surface area contributed by atoms with Crippen LogP contribution in [0, 0.1) is 6.92 Å². The van der Waals surface area contributed by atoms with Crippen LogP contribution < -0.4 is 4.90 Å². The molecule has 0 unspecified atom stereocenters. The molecular weight excluding hydrogens is 276 g/mol. The van der Waals surface area contributed by atoms with Gasteiger partial charge in [-0.3, -0.25) is 4.68 Å². The zero-order valence-electron chi connectivity index (χ0n) is 13.4. The van der Waals surface area contributed by atoms with Crippen molar-refractivity contribution in [1.29, 1.82) is 0 Å². The fourth-order valence-electron chi connectivity index (χ4n) is 2.90. The standard InChI is InChI=1S/C17H24N4O/c1-3-20(16-6-4-5-14(2)11-16)8-9-21-12-17(18-19-21)15-7-10-22-13-15/h4-6,11-12,15H,3,7-10,13H2,1-2H3/t15-/m0/s1. The fourth-order valence-corrected chi connectivity index (χ4v) is 2.90. The summed E-state index contributed by atoms with van der Waals surface area (Å²) < 4.78 is 7.37. The van der Waals surface area contributed by atoms with E-state index in [0.29, 0.717) is 5.92 Å². The van der Waals surface area contributed by atoms with Gasteiger partial charge in [0, 0.05) is 37.5 Å². The minimum Gasteiger partial charge on any atom is -0.381 e. The average Bonchev–Trinajstić information content (AvgIpc) is 3.19. The van der Waals surface area contributed by atoms with Crippen LogP contribution in [0.1, 0.15) is 30.5 Å². The number of benzene rings is 1. The lowest BCUT2D eigenvalue weighted by atomic mass is 10.1. The van der Waals surface area contributed by atoms with E-state index in [9.17, 15) is 0 Å². The van der Waals surface area contributed by atoms with E-state index in [4.69, 9.17) is 4.74 Å². The molecule has 0 radical (unpaired) electrons. The van der Waals surface area contributed by atoms with Crippen LogP contribution in [-0.4, -0.2) is 41.3 Å². The van der Waals surface area contributed by atoms with Gasteiger partial charge in [-0.2, -0.15) is 0 Å². The Labute approximate surface area is 131 Å². The van der Waals surface area contributed by atoms with E-state index in [0.717, 1.165) is 45.0 Å². The molecule has 2 aromatic rings. The second-order valence-corrected chi connectivity index (χ2v) is 5.89. The summed E-state index contributed by atoms with van der Waals surface area (Å²) in [6.45, 7) is 8.71. The van der Waals surface area contributed by atoms with Crippen LogP contribution in [0.15, 0.2) is 30.5 Å². The number of anilines is 1. The molecule has 0 aliphatic carbocycles. The van der Waals surface area contributed by atoms with Crippen LogP contribution in [0.2, 0.25) is 0 Å². The molecule has 0 saturated carbocycles. The van der Waals surface area contributed by atoms with E-state index in [2.05, 4.69) is 59.5 Å². The number of aryl methyl sites for hydroxylation is 1. The first kappa shape index (κ1) is 15.0. The van der Waals surface area contributed by atoms with Crippen molar-refractivity contribution in [2.24, 2.45) is 0 Å². The van der Waals surface area contributed by atoms with Crippen molar-refractivity contribution in [2.45, 2.75) is 32.7 Å². The van der Waals surface area contributed by atoms with Crippen LogP contribution in [0.3, 0.4) is 0 Å². The molecule has 1 aliphatic rings. The van der Waals surface area contributed by atoms with Crippen molar-refractivity contribution in [2.75, 3.05) is 31.2 Å². The maximum absolute atomic E-state index is 5.42. The maximum atomic E-state index is 5.42. The average molecular weight is 300 g/mol. The molecule has 1 atom stereocenters. The summed E-state index contributed by atoms with van der Waals surface area (Å²) in [6, 6.07) is 8.64. The third kappa shape index (κ3) is 3.47. The van der Waals surface area contributed by atoms with E-state index in [1.807, 2.05) is 4.68 Å².